The van der Waals surface area contributed by atoms with Crippen molar-refractivity contribution >= 4 is 23.6 Å². The largest absolute Gasteiger partial charge is 0.463 e. The summed E-state index contributed by atoms with van der Waals surface area (Å²) in [4.78, 5) is 11.4. The number of carbonyl (C=O) groups excluding carboxylic acids is 1. The molecule has 0 saturated carbocycles. The highest BCUT2D eigenvalue weighted by Crippen LogP contribution is 2.27. The van der Waals surface area contributed by atoms with E-state index in [2.05, 4.69) is 25.1 Å². The number of hydrogen-bond acceptors (Lipinski definition) is 2. The maximum atomic E-state index is 11.4. The fourth-order valence-corrected chi connectivity index (χ4v) is 2.63. The molecule has 0 N–H and O–H groups in total. The van der Waals surface area contributed by atoms with E-state index in [1.807, 2.05) is 45.9 Å². The molecule has 2 nitrogen and oxygen atoms in total. The number of carbonyl (C=O) groups is 1. The molecule has 0 radical (unpaired) electrons. The van der Waals surface area contributed by atoms with Gasteiger partial charge >= 0.3 is 5.97 Å². The Labute approximate surface area is 156 Å². The van der Waals surface area contributed by atoms with E-state index < -0.39 is 0 Å². The third-order valence-corrected chi connectivity index (χ3v) is 4.38. The van der Waals surface area contributed by atoms with Gasteiger partial charge in [-0.25, -0.2) is 4.79 Å². The molecule has 0 aliphatic heterocycles. The molecule has 1 rings (SSSR count). The number of ether oxygens (including phenoxy) is 1. The van der Waals surface area contributed by atoms with E-state index >= 15 is 0 Å². The number of aryl methyl sites for hydroxylation is 2. The second-order valence-electron chi connectivity index (χ2n) is 6.11. The summed E-state index contributed by atoms with van der Waals surface area (Å²) in [6.45, 7) is 12.2. The van der Waals surface area contributed by atoms with Crippen LogP contribution >= 0.6 is 11.6 Å². The predicted molar refractivity (Wildman–Crippen MR) is 108 cm³/mol. The lowest BCUT2D eigenvalue weighted by atomic mass is 9.98. The number of esters is 1. The summed E-state index contributed by atoms with van der Waals surface area (Å²) >= 11 is 6.35. The second-order valence-corrected chi connectivity index (χ2v) is 6.48. The zero-order chi connectivity index (χ0) is 19.0. The molecule has 0 unspecified atom stereocenters. The highest BCUT2D eigenvalue weighted by Gasteiger charge is 2.06. The van der Waals surface area contributed by atoms with E-state index in [1.54, 1.807) is 6.92 Å². The van der Waals surface area contributed by atoms with Crippen LogP contribution in [0.2, 0.25) is 5.02 Å². The summed E-state index contributed by atoms with van der Waals surface area (Å²) in [6, 6.07) is 2.11. The van der Waals surface area contributed by atoms with Gasteiger partial charge in [-0.1, -0.05) is 53.6 Å². The normalized spacial score (nSPS) is 13.1. The van der Waals surface area contributed by atoms with Crippen LogP contribution in [0.15, 0.2) is 47.6 Å². The van der Waals surface area contributed by atoms with Crippen LogP contribution < -0.4 is 0 Å². The van der Waals surface area contributed by atoms with Gasteiger partial charge in [0.2, 0.25) is 0 Å². The standard InChI is InChI=1S/C22H27ClO2/c1-7-25-21(24)13-16(3)10-8-9-15(2)11-12-20-17(4)14-18(5)22(23)19(20)6/h8-14H,7H2,1-6H3/b10-8+,12-11+,15-9+,16-13+. The van der Waals surface area contributed by atoms with Gasteiger partial charge in [-0.2, -0.15) is 0 Å². The van der Waals surface area contributed by atoms with Crippen LogP contribution in [-0.4, -0.2) is 12.6 Å². The average Bonchev–Trinajstić information content (AvgIpc) is 2.52. The van der Waals surface area contributed by atoms with Crippen LogP contribution in [0.25, 0.3) is 6.08 Å². The zero-order valence-electron chi connectivity index (χ0n) is 15.9. The van der Waals surface area contributed by atoms with Crippen LogP contribution in [0.4, 0.5) is 0 Å². The number of allylic oxidation sites excluding steroid dienone is 6. The lowest BCUT2D eigenvalue weighted by molar-refractivity contribution is -0.137. The van der Waals surface area contributed by atoms with Crippen LogP contribution in [0, 0.1) is 20.8 Å². The summed E-state index contributed by atoms with van der Waals surface area (Å²) in [7, 11) is 0. The first kappa shape index (κ1) is 21.0. The summed E-state index contributed by atoms with van der Waals surface area (Å²) in [5.41, 5.74) is 6.54. The van der Waals surface area contributed by atoms with Gasteiger partial charge in [0, 0.05) is 11.1 Å². The van der Waals surface area contributed by atoms with Crippen molar-refractivity contribution < 1.29 is 9.53 Å². The van der Waals surface area contributed by atoms with Gasteiger partial charge in [-0.05, 0) is 69.4 Å². The summed E-state index contributed by atoms with van der Waals surface area (Å²) in [5, 5.41) is 0.825. The van der Waals surface area contributed by atoms with Crippen LogP contribution in [0.5, 0.6) is 0 Å². The molecule has 0 heterocycles. The molecule has 25 heavy (non-hydrogen) atoms. The van der Waals surface area contributed by atoms with E-state index in [0.29, 0.717) is 6.61 Å². The van der Waals surface area contributed by atoms with E-state index in [4.69, 9.17) is 16.3 Å². The molecule has 0 saturated heterocycles. The quantitative estimate of drug-likeness (QED) is 0.339. The third-order valence-electron chi connectivity index (χ3n) is 3.80. The predicted octanol–water partition coefficient (Wildman–Crippen LogP) is 6.29. The Morgan fingerprint density at radius 2 is 1.80 bits per heavy atom. The highest BCUT2D eigenvalue weighted by atomic mass is 35.5. The molecule has 0 aliphatic carbocycles. The Balaban J connectivity index is 2.86. The lowest BCUT2D eigenvalue weighted by Crippen LogP contribution is -1.99. The van der Waals surface area contributed by atoms with E-state index in [9.17, 15) is 4.79 Å². The number of halogens is 1. The van der Waals surface area contributed by atoms with Crippen molar-refractivity contribution in [3.05, 3.63) is 74.9 Å². The summed E-state index contributed by atoms with van der Waals surface area (Å²) in [6.07, 6.45) is 11.5. The van der Waals surface area contributed by atoms with Gasteiger partial charge in [0.1, 0.15) is 0 Å². The first-order valence-electron chi connectivity index (χ1n) is 8.40. The lowest BCUT2D eigenvalue weighted by Gasteiger charge is -2.10. The first-order valence-corrected chi connectivity index (χ1v) is 8.78. The molecule has 3 heteroatoms. The Hall–Kier alpha value is -2.06. The molecular formula is C22H27ClO2. The number of rotatable bonds is 6. The topological polar surface area (TPSA) is 26.3 Å². The fourth-order valence-electron chi connectivity index (χ4n) is 2.47. The van der Waals surface area contributed by atoms with Crippen molar-refractivity contribution in [1.29, 1.82) is 0 Å². The van der Waals surface area contributed by atoms with Crippen molar-refractivity contribution in [2.75, 3.05) is 6.61 Å². The molecular weight excluding hydrogens is 332 g/mol. The smallest absolute Gasteiger partial charge is 0.330 e. The third kappa shape index (κ3) is 6.75. The van der Waals surface area contributed by atoms with E-state index in [-0.39, 0.29) is 5.97 Å². The first-order chi connectivity index (χ1) is 11.8. The molecule has 134 valence electrons. The maximum absolute atomic E-state index is 11.4. The highest BCUT2D eigenvalue weighted by molar-refractivity contribution is 6.32. The van der Waals surface area contributed by atoms with Crippen LogP contribution in [0.3, 0.4) is 0 Å². The maximum Gasteiger partial charge on any atom is 0.330 e. The molecule has 0 aliphatic rings. The minimum Gasteiger partial charge on any atom is -0.463 e. The molecule has 0 amide bonds. The van der Waals surface area contributed by atoms with Gasteiger partial charge in [-0.15, -0.1) is 0 Å². The van der Waals surface area contributed by atoms with Gasteiger partial charge in [-0.3, -0.25) is 0 Å². The SMILES string of the molecule is CCOC(=O)/C=C(C)/C=C/C=C(C)/C=C/c1c(C)cc(C)c(Cl)c1C. The van der Waals surface area contributed by atoms with Crippen LogP contribution in [-0.2, 0) is 9.53 Å². The number of hydrogen-bond donors (Lipinski definition) is 0. The van der Waals surface area contributed by atoms with Crippen molar-refractivity contribution in [3.63, 3.8) is 0 Å². The summed E-state index contributed by atoms with van der Waals surface area (Å²) in [5.74, 6) is -0.313. The van der Waals surface area contributed by atoms with Crippen molar-refractivity contribution in [2.45, 2.75) is 41.5 Å². The molecule has 0 fully saturated rings. The Morgan fingerprint density at radius 1 is 1.12 bits per heavy atom. The van der Waals surface area contributed by atoms with Gasteiger partial charge in [0.05, 0.1) is 6.61 Å². The molecule has 0 atom stereocenters. The molecule has 0 aromatic heterocycles. The van der Waals surface area contributed by atoms with Crippen molar-refractivity contribution in [2.24, 2.45) is 0 Å². The van der Waals surface area contributed by atoms with Crippen molar-refractivity contribution in [1.82, 2.24) is 0 Å². The second kappa shape index (κ2) is 10.0. The van der Waals surface area contributed by atoms with Crippen molar-refractivity contribution in [3.8, 4) is 0 Å². The van der Waals surface area contributed by atoms with E-state index in [0.717, 1.165) is 32.9 Å². The molecule has 0 spiro atoms. The Bertz CT molecular complexity index is 750. The van der Waals surface area contributed by atoms with Gasteiger partial charge in [0.25, 0.3) is 0 Å². The monoisotopic (exact) mass is 358 g/mol. The minimum atomic E-state index is -0.313. The van der Waals surface area contributed by atoms with Gasteiger partial charge < -0.3 is 4.74 Å². The summed E-state index contributed by atoms with van der Waals surface area (Å²) < 4.78 is 4.88. The Morgan fingerprint density at radius 3 is 2.44 bits per heavy atom. The molecule has 1 aromatic carbocycles. The zero-order valence-corrected chi connectivity index (χ0v) is 16.7. The van der Waals surface area contributed by atoms with E-state index in [1.165, 1.54) is 11.6 Å². The minimum absolute atomic E-state index is 0.313. The number of benzene rings is 1. The van der Waals surface area contributed by atoms with Gasteiger partial charge in [0.15, 0.2) is 0 Å². The average molecular weight is 359 g/mol. The Kier molecular flexibility index (Phi) is 8.44. The fraction of sp³-hybridized carbons (Fsp3) is 0.318. The van der Waals surface area contributed by atoms with Crippen LogP contribution in [0.1, 0.15) is 43.0 Å². The molecule has 1 aromatic rings. The molecule has 0 bridgehead atoms.